The van der Waals surface area contributed by atoms with Crippen LogP contribution in [0.3, 0.4) is 0 Å². The second kappa shape index (κ2) is 8.84. The fourth-order valence-corrected chi connectivity index (χ4v) is 3.10. The number of hydrogen-bond donors (Lipinski definition) is 2. The number of carbonyl (C=O) groups excluding carboxylic acids is 1. The number of nitrogens with one attached hydrogen (secondary N) is 2. The molecule has 1 fully saturated rings. The van der Waals surface area contributed by atoms with E-state index >= 15 is 0 Å². The molecule has 3 rings (SSSR count). The minimum atomic E-state index is -0.344. The van der Waals surface area contributed by atoms with Crippen molar-refractivity contribution in [3.05, 3.63) is 41.1 Å². The molecule has 0 radical (unpaired) electrons. The Morgan fingerprint density at radius 2 is 2.07 bits per heavy atom. The molecular formula is C20H27ClN4O3. The lowest BCUT2D eigenvalue weighted by Gasteiger charge is -2.40. The molecule has 28 heavy (non-hydrogen) atoms. The Morgan fingerprint density at radius 3 is 2.71 bits per heavy atom. The number of likely N-dealkylation sites (tertiary alicyclic amines) is 1. The number of nitrogens with zero attached hydrogens (tertiary/aromatic N) is 2. The summed E-state index contributed by atoms with van der Waals surface area (Å²) < 4.78 is 11.0. The summed E-state index contributed by atoms with van der Waals surface area (Å²) in [5.41, 5.74) is -0.344. The Morgan fingerprint density at radius 1 is 1.36 bits per heavy atom. The number of hydrogen-bond acceptors (Lipinski definition) is 5. The van der Waals surface area contributed by atoms with Gasteiger partial charge in [-0.2, -0.15) is 0 Å². The van der Waals surface area contributed by atoms with Crippen LogP contribution < -0.4 is 15.4 Å². The molecule has 0 aliphatic carbocycles. The molecule has 8 heteroatoms. The first kappa shape index (κ1) is 20.5. The zero-order valence-corrected chi connectivity index (χ0v) is 17.3. The van der Waals surface area contributed by atoms with E-state index in [2.05, 4.69) is 20.7 Å². The molecule has 0 unspecified atom stereocenters. The second-order valence-corrected chi connectivity index (χ2v) is 8.13. The maximum atomic E-state index is 12.2. The van der Waals surface area contributed by atoms with E-state index in [1.807, 2.05) is 45.0 Å². The molecule has 0 saturated carbocycles. The van der Waals surface area contributed by atoms with E-state index in [0.29, 0.717) is 10.8 Å². The van der Waals surface area contributed by atoms with Gasteiger partial charge in [0.2, 0.25) is 0 Å². The molecule has 1 aliphatic heterocycles. The van der Waals surface area contributed by atoms with Gasteiger partial charge < -0.3 is 14.6 Å². The smallest absolute Gasteiger partial charge is 0.320 e. The molecule has 2 heterocycles. The van der Waals surface area contributed by atoms with Crippen molar-refractivity contribution < 1.29 is 14.1 Å². The zero-order valence-electron chi connectivity index (χ0n) is 16.5. The summed E-state index contributed by atoms with van der Waals surface area (Å²) in [5, 5.41) is 10.2. The molecule has 2 N–H and O–H groups in total. The highest BCUT2D eigenvalue weighted by Gasteiger charge is 2.30. The van der Waals surface area contributed by atoms with Crippen LogP contribution in [0.5, 0.6) is 5.75 Å². The number of benzene rings is 1. The van der Waals surface area contributed by atoms with Crippen LogP contribution in [0.25, 0.3) is 0 Å². The average Bonchev–Trinajstić information content (AvgIpc) is 3.05. The van der Waals surface area contributed by atoms with Crippen molar-refractivity contribution in [3.63, 3.8) is 0 Å². The highest BCUT2D eigenvalue weighted by atomic mass is 35.5. The van der Waals surface area contributed by atoms with Crippen LogP contribution in [0.15, 0.2) is 34.9 Å². The topological polar surface area (TPSA) is 79.6 Å². The molecule has 1 aromatic heterocycles. The highest BCUT2D eigenvalue weighted by molar-refractivity contribution is 6.30. The third kappa shape index (κ3) is 5.87. The first-order chi connectivity index (χ1) is 13.3. The molecular weight excluding hydrogens is 380 g/mol. The van der Waals surface area contributed by atoms with Crippen molar-refractivity contribution >= 4 is 23.4 Å². The summed E-state index contributed by atoms with van der Waals surface area (Å²) in [6.45, 7) is 8.63. The van der Waals surface area contributed by atoms with Crippen molar-refractivity contribution in [2.24, 2.45) is 0 Å². The zero-order chi connectivity index (χ0) is 20.1. The summed E-state index contributed by atoms with van der Waals surface area (Å²) in [5.74, 6) is 2.00. The third-order valence-corrected chi connectivity index (χ3v) is 4.95. The molecule has 2 aromatic rings. The first-order valence-corrected chi connectivity index (χ1v) is 9.90. The van der Waals surface area contributed by atoms with Gasteiger partial charge in [-0.05, 0) is 44.5 Å². The summed E-state index contributed by atoms with van der Waals surface area (Å²) in [6, 6.07) is 8.87. The minimum Gasteiger partial charge on any atom is -0.488 e. The van der Waals surface area contributed by atoms with Crippen LogP contribution in [-0.2, 0) is 6.42 Å². The summed E-state index contributed by atoms with van der Waals surface area (Å²) in [4.78, 5) is 14.5. The predicted octanol–water partition coefficient (Wildman–Crippen LogP) is 3.94. The predicted molar refractivity (Wildman–Crippen MR) is 109 cm³/mol. The molecule has 1 aliphatic rings. The van der Waals surface area contributed by atoms with Crippen LogP contribution in [0.4, 0.5) is 10.6 Å². The number of aryl methyl sites for hydroxylation is 1. The molecule has 7 nitrogen and oxygen atoms in total. The van der Waals surface area contributed by atoms with Gasteiger partial charge in [0.05, 0.1) is 0 Å². The lowest BCUT2D eigenvalue weighted by molar-refractivity contribution is 0.0157. The Bertz CT molecular complexity index is 785. The van der Waals surface area contributed by atoms with Crippen molar-refractivity contribution in [2.45, 2.75) is 45.3 Å². The minimum absolute atomic E-state index is 0.195. The number of carbonyl (C=O) groups is 1. The quantitative estimate of drug-likeness (QED) is 0.694. The van der Waals surface area contributed by atoms with Gasteiger partial charge in [0.15, 0.2) is 5.82 Å². The van der Waals surface area contributed by atoms with E-state index in [0.717, 1.165) is 44.0 Å². The van der Waals surface area contributed by atoms with Crippen LogP contribution in [0.2, 0.25) is 5.02 Å². The third-order valence-electron chi connectivity index (χ3n) is 4.69. The summed E-state index contributed by atoms with van der Waals surface area (Å²) in [7, 11) is 0. The molecule has 2 amide bonds. The van der Waals surface area contributed by atoms with Crippen LogP contribution in [0.1, 0.15) is 33.0 Å². The van der Waals surface area contributed by atoms with E-state index in [1.54, 1.807) is 6.07 Å². The van der Waals surface area contributed by atoms with E-state index in [9.17, 15) is 4.79 Å². The normalized spacial score (nSPS) is 15.1. The number of halogens is 1. The lowest BCUT2D eigenvalue weighted by atomic mass is 9.99. The number of anilines is 1. The first-order valence-electron chi connectivity index (χ1n) is 9.52. The maximum Gasteiger partial charge on any atom is 0.320 e. The van der Waals surface area contributed by atoms with Gasteiger partial charge in [-0.3, -0.25) is 10.2 Å². The Kier molecular flexibility index (Phi) is 6.46. The van der Waals surface area contributed by atoms with E-state index in [4.69, 9.17) is 20.9 Å². The molecule has 1 aromatic carbocycles. The largest absolute Gasteiger partial charge is 0.488 e. The van der Waals surface area contributed by atoms with Gasteiger partial charge in [-0.1, -0.05) is 23.7 Å². The van der Waals surface area contributed by atoms with Gasteiger partial charge in [-0.25, -0.2) is 4.79 Å². The van der Waals surface area contributed by atoms with Crippen LogP contribution in [0, 0.1) is 0 Å². The second-order valence-electron chi connectivity index (χ2n) is 7.70. The van der Waals surface area contributed by atoms with Gasteiger partial charge in [0, 0.05) is 42.7 Å². The number of urea groups is 1. The molecule has 0 spiro atoms. The van der Waals surface area contributed by atoms with E-state index in [1.165, 1.54) is 0 Å². The maximum absolute atomic E-state index is 12.2. The molecule has 152 valence electrons. The van der Waals surface area contributed by atoms with Gasteiger partial charge in [0.1, 0.15) is 17.6 Å². The van der Waals surface area contributed by atoms with Gasteiger partial charge >= 0.3 is 6.03 Å². The number of aromatic nitrogens is 1. The average molecular weight is 407 g/mol. The Balaban J connectivity index is 1.35. The Hall–Kier alpha value is -2.25. The number of ether oxygens (including phenoxy) is 1. The van der Waals surface area contributed by atoms with E-state index in [-0.39, 0.29) is 17.7 Å². The SMILES string of the molecule is CCc1cc(NC(=O)NC(C)(C)CCN2CC(Oc3ccc(Cl)cc3)C2)no1. The van der Waals surface area contributed by atoms with Crippen molar-refractivity contribution in [1.82, 2.24) is 15.4 Å². The van der Waals surface area contributed by atoms with Crippen LogP contribution >= 0.6 is 11.6 Å². The number of amides is 2. The van der Waals surface area contributed by atoms with E-state index < -0.39 is 0 Å². The standard InChI is InChI=1S/C20H27ClN4O3/c1-4-15-11-18(24-28-15)22-19(26)23-20(2,3)9-10-25-12-17(13-25)27-16-7-5-14(21)6-8-16/h5-8,11,17H,4,9-10,12-13H2,1-3H3,(H2,22,23,24,26). The lowest BCUT2D eigenvalue weighted by Crippen LogP contribution is -2.56. The highest BCUT2D eigenvalue weighted by Crippen LogP contribution is 2.21. The van der Waals surface area contributed by atoms with Crippen molar-refractivity contribution in [1.29, 1.82) is 0 Å². The Labute approximate surface area is 170 Å². The van der Waals surface area contributed by atoms with Crippen molar-refractivity contribution in [2.75, 3.05) is 25.0 Å². The monoisotopic (exact) mass is 406 g/mol. The number of rotatable bonds is 8. The summed E-state index contributed by atoms with van der Waals surface area (Å²) >= 11 is 5.89. The fraction of sp³-hybridized carbons (Fsp3) is 0.500. The molecule has 0 bridgehead atoms. The van der Waals surface area contributed by atoms with Crippen LogP contribution in [-0.4, -0.2) is 47.4 Å². The molecule has 1 saturated heterocycles. The van der Waals surface area contributed by atoms with Gasteiger partial charge in [-0.15, -0.1) is 0 Å². The fourth-order valence-electron chi connectivity index (χ4n) is 2.98. The summed E-state index contributed by atoms with van der Waals surface area (Å²) in [6.07, 6.45) is 1.76. The van der Waals surface area contributed by atoms with Crippen molar-refractivity contribution in [3.8, 4) is 5.75 Å². The molecule has 0 atom stereocenters. The van der Waals surface area contributed by atoms with Gasteiger partial charge in [0.25, 0.3) is 0 Å².